The van der Waals surface area contributed by atoms with E-state index in [1.807, 2.05) is 6.07 Å². The molecule has 2 nitrogen and oxygen atoms in total. The molecule has 0 aliphatic carbocycles. The molecule has 1 aliphatic heterocycles. The molecule has 1 unspecified atom stereocenters. The maximum Gasteiger partial charge on any atom is 0.122 e. The number of benzene rings is 1. The van der Waals surface area contributed by atoms with Gasteiger partial charge in [-0.05, 0) is 30.0 Å². The van der Waals surface area contributed by atoms with Crippen LogP contribution in [0.25, 0.3) is 0 Å². The molecule has 1 aliphatic rings. The molecular formula is C14H17NO. The first-order valence-electron chi connectivity index (χ1n) is 5.76. The van der Waals surface area contributed by atoms with E-state index in [1.165, 1.54) is 11.1 Å². The van der Waals surface area contributed by atoms with Crippen molar-refractivity contribution < 1.29 is 4.74 Å². The van der Waals surface area contributed by atoms with Gasteiger partial charge in [0.15, 0.2) is 0 Å². The van der Waals surface area contributed by atoms with Crippen LogP contribution in [0.5, 0.6) is 5.75 Å². The third-order valence-corrected chi connectivity index (χ3v) is 2.98. The number of rotatable bonds is 4. The summed E-state index contributed by atoms with van der Waals surface area (Å²) in [5.41, 5.74) is 8.60. The maximum absolute atomic E-state index is 6.12. The number of hydrogen-bond acceptors (Lipinski definition) is 2. The van der Waals surface area contributed by atoms with E-state index in [0.717, 1.165) is 38.0 Å². The molecule has 1 atom stereocenters. The summed E-state index contributed by atoms with van der Waals surface area (Å²) in [6.45, 7) is 0.797. The minimum Gasteiger partial charge on any atom is -0.493 e. The Balaban J connectivity index is 2.01. The number of nitrogens with two attached hydrogens (primary N) is 1. The lowest BCUT2D eigenvalue weighted by Gasteiger charge is -2.12. The third kappa shape index (κ3) is 2.37. The summed E-state index contributed by atoms with van der Waals surface area (Å²) in [7, 11) is 0. The fraction of sp³-hybridized carbons (Fsp3) is 0.429. The van der Waals surface area contributed by atoms with Crippen molar-refractivity contribution in [3.63, 3.8) is 0 Å². The van der Waals surface area contributed by atoms with E-state index >= 15 is 0 Å². The predicted octanol–water partition coefficient (Wildman–Crippen LogP) is 2.42. The van der Waals surface area contributed by atoms with Crippen molar-refractivity contribution in [3.05, 3.63) is 29.3 Å². The summed E-state index contributed by atoms with van der Waals surface area (Å²) >= 11 is 0. The molecular weight excluding hydrogens is 198 g/mol. The summed E-state index contributed by atoms with van der Waals surface area (Å²) in [4.78, 5) is 0. The van der Waals surface area contributed by atoms with Crippen LogP contribution in [-0.4, -0.2) is 6.61 Å². The number of hydrogen-bond donors (Lipinski definition) is 1. The second-order valence-corrected chi connectivity index (χ2v) is 4.17. The average Bonchev–Trinajstić information content (AvgIpc) is 2.76. The van der Waals surface area contributed by atoms with Gasteiger partial charge in [0.2, 0.25) is 0 Å². The number of ether oxygens (including phenoxy) is 1. The quantitative estimate of drug-likeness (QED) is 0.618. The fourth-order valence-corrected chi connectivity index (χ4v) is 2.03. The van der Waals surface area contributed by atoms with Crippen molar-refractivity contribution in [1.29, 1.82) is 0 Å². The van der Waals surface area contributed by atoms with E-state index in [4.69, 9.17) is 16.9 Å². The first-order chi connectivity index (χ1) is 7.81. The summed E-state index contributed by atoms with van der Waals surface area (Å²) in [5, 5.41) is 0. The van der Waals surface area contributed by atoms with Crippen molar-refractivity contribution in [2.24, 2.45) is 5.73 Å². The highest BCUT2D eigenvalue weighted by Gasteiger charge is 2.14. The lowest BCUT2D eigenvalue weighted by molar-refractivity contribution is 0.357. The molecule has 0 spiro atoms. The van der Waals surface area contributed by atoms with Gasteiger partial charge in [-0.1, -0.05) is 12.1 Å². The Morgan fingerprint density at radius 3 is 3.19 bits per heavy atom. The molecule has 0 fully saturated rings. The minimum atomic E-state index is 0.0965. The Labute approximate surface area is 96.8 Å². The maximum atomic E-state index is 6.12. The lowest BCUT2D eigenvalue weighted by Crippen LogP contribution is -2.10. The van der Waals surface area contributed by atoms with E-state index in [-0.39, 0.29) is 6.04 Å². The molecule has 16 heavy (non-hydrogen) atoms. The zero-order chi connectivity index (χ0) is 11.4. The van der Waals surface area contributed by atoms with Gasteiger partial charge in [0.1, 0.15) is 5.75 Å². The van der Waals surface area contributed by atoms with Crippen molar-refractivity contribution in [2.75, 3.05) is 6.61 Å². The molecule has 0 aromatic heterocycles. The van der Waals surface area contributed by atoms with Crippen LogP contribution in [0.2, 0.25) is 0 Å². The first kappa shape index (κ1) is 11.0. The van der Waals surface area contributed by atoms with Crippen molar-refractivity contribution in [3.8, 4) is 18.1 Å². The molecule has 2 N–H and O–H groups in total. The minimum absolute atomic E-state index is 0.0965. The largest absolute Gasteiger partial charge is 0.493 e. The van der Waals surface area contributed by atoms with Gasteiger partial charge in [0, 0.05) is 18.9 Å². The SMILES string of the molecule is C#CCCCC(N)c1ccc2c(c1)CCO2. The van der Waals surface area contributed by atoms with Gasteiger partial charge in [-0.15, -0.1) is 12.3 Å². The summed E-state index contributed by atoms with van der Waals surface area (Å²) in [5.74, 6) is 3.65. The third-order valence-electron chi connectivity index (χ3n) is 2.98. The topological polar surface area (TPSA) is 35.2 Å². The molecule has 2 rings (SSSR count). The van der Waals surface area contributed by atoms with E-state index < -0.39 is 0 Å². The Hall–Kier alpha value is -1.46. The van der Waals surface area contributed by atoms with Crippen LogP contribution in [0.3, 0.4) is 0 Å². The summed E-state index contributed by atoms with van der Waals surface area (Å²) in [6, 6.07) is 6.35. The lowest BCUT2D eigenvalue weighted by atomic mass is 9.99. The van der Waals surface area contributed by atoms with Crippen LogP contribution < -0.4 is 10.5 Å². The van der Waals surface area contributed by atoms with Crippen LogP contribution >= 0.6 is 0 Å². The second-order valence-electron chi connectivity index (χ2n) is 4.17. The van der Waals surface area contributed by atoms with Crippen molar-refractivity contribution in [1.82, 2.24) is 0 Å². The van der Waals surface area contributed by atoms with Gasteiger partial charge in [-0.3, -0.25) is 0 Å². The van der Waals surface area contributed by atoms with Crippen molar-refractivity contribution >= 4 is 0 Å². The highest BCUT2D eigenvalue weighted by atomic mass is 16.5. The standard InChI is InChI=1S/C14H17NO/c1-2-3-4-5-13(15)11-6-7-14-12(10-11)8-9-16-14/h1,6-7,10,13H,3-5,8-9,15H2. The van der Waals surface area contributed by atoms with Gasteiger partial charge >= 0.3 is 0 Å². The molecule has 0 bridgehead atoms. The molecule has 0 radical (unpaired) electrons. The van der Waals surface area contributed by atoms with E-state index in [1.54, 1.807) is 0 Å². The normalized spacial score (nSPS) is 15.0. The zero-order valence-electron chi connectivity index (χ0n) is 9.41. The van der Waals surface area contributed by atoms with E-state index in [9.17, 15) is 0 Å². The number of unbranched alkanes of at least 4 members (excludes halogenated alkanes) is 1. The first-order valence-corrected chi connectivity index (χ1v) is 5.76. The predicted molar refractivity (Wildman–Crippen MR) is 65.3 cm³/mol. The van der Waals surface area contributed by atoms with Gasteiger partial charge in [0.25, 0.3) is 0 Å². The molecule has 0 amide bonds. The summed E-state index contributed by atoms with van der Waals surface area (Å²) in [6.07, 6.45) is 8.97. The fourth-order valence-electron chi connectivity index (χ4n) is 2.03. The second kappa shape index (κ2) is 5.05. The molecule has 84 valence electrons. The highest BCUT2D eigenvalue weighted by molar-refractivity contribution is 5.40. The molecule has 1 aromatic carbocycles. The molecule has 2 heteroatoms. The number of terminal acetylenes is 1. The van der Waals surface area contributed by atoms with E-state index in [0.29, 0.717) is 0 Å². The monoisotopic (exact) mass is 215 g/mol. The van der Waals surface area contributed by atoms with Gasteiger partial charge in [-0.25, -0.2) is 0 Å². The average molecular weight is 215 g/mol. The Bertz CT molecular complexity index is 406. The molecule has 0 saturated carbocycles. The Morgan fingerprint density at radius 1 is 1.50 bits per heavy atom. The molecule has 1 heterocycles. The van der Waals surface area contributed by atoms with E-state index in [2.05, 4.69) is 18.1 Å². The van der Waals surface area contributed by atoms with Crippen LogP contribution in [-0.2, 0) is 6.42 Å². The molecule has 1 aromatic rings. The van der Waals surface area contributed by atoms with Crippen LogP contribution in [0.1, 0.15) is 36.4 Å². The number of fused-ring (bicyclic) bond motifs is 1. The zero-order valence-corrected chi connectivity index (χ0v) is 9.41. The Kier molecular flexibility index (Phi) is 3.48. The van der Waals surface area contributed by atoms with Crippen LogP contribution in [0.4, 0.5) is 0 Å². The molecule has 0 saturated heterocycles. The van der Waals surface area contributed by atoms with Crippen molar-refractivity contribution in [2.45, 2.75) is 31.7 Å². The Morgan fingerprint density at radius 2 is 2.38 bits per heavy atom. The van der Waals surface area contributed by atoms with Crippen LogP contribution in [0.15, 0.2) is 18.2 Å². The van der Waals surface area contributed by atoms with Gasteiger partial charge < -0.3 is 10.5 Å². The summed E-state index contributed by atoms with van der Waals surface area (Å²) < 4.78 is 5.46. The van der Waals surface area contributed by atoms with Gasteiger partial charge in [-0.2, -0.15) is 0 Å². The van der Waals surface area contributed by atoms with Gasteiger partial charge in [0.05, 0.1) is 6.61 Å². The van der Waals surface area contributed by atoms with Crippen LogP contribution in [0, 0.1) is 12.3 Å². The highest BCUT2D eigenvalue weighted by Crippen LogP contribution is 2.28. The smallest absolute Gasteiger partial charge is 0.122 e.